The number of aryl methyl sites for hydroxylation is 1. The SMILES string of the molecule is CCc1cnc(CNC(=O)NCC(F)(F)F)s1. The largest absolute Gasteiger partial charge is 0.405 e. The number of carbonyl (C=O) groups excluding carboxylic acids is 1. The summed E-state index contributed by atoms with van der Waals surface area (Å²) in [4.78, 5) is 16.1. The summed E-state index contributed by atoms with van der Waals surface area (Å²) in [6.45, 7) is 0.770. The molecule has 0 radical (unpaired) electrons. The monoisotopic (exact) mass is 267 g/mol. The van der Waals surface area contributed by atoms with Crippen molar-refractivity contribution in [1.82, 2.24) is 15.6 Å². The van der Waals surface area contributed by atoms with Gasteiger partial charge in [0.05, 0.1) is 6.54 Å². The van der Waals surface area contributed by atoms with E-state index in [0.29, 0.717) is 5.01 Å². The van der Waals surface area contributed by atoms with Crippen molar-refractivity contribution in [3.8, 4) is 0 Å². The average Bonchev–Trinajstić information content (AvgIpc) is 2.70. The first-order valence-corrected chi connectivity index (χ1v) is 5.74. The molecular weight excluding hydrogens is 255 g/mol. The molecule has 0 spiro atoms. The molecule has 1 rings (SSSR count). The second-order valence-corrected chi connectivity index (χ2v) is 4.43. The number of nitrogens with zero attached hydrogens (tertiary/aromatic N) is 1. The van der Waals surface area contributed by atoms with E-state index in [1.54, 1.807) is 11.5 Å². The van der Waals surface area contributed by atoms with Gasteiger partial charge in [-0.2, -0.15) is 13.2 Å². The fraction of sp³-hybridized carbons (Fsp3) is 0.556. The molecule has 4 nitrogen and oxygen atoms in total. The van der Waals surface area contributed by atoms with Gasteiger partial charge in [-0.1, -0.05) is 6.92 Å². The highest BCUT2D eigenvalue weighted by Gasteiger charge is 2.27. The van der Waals surface area contributed by atoms with Crippen LogP contribution >= 0.6 is 11.3 Å². The third kappa shape index (κ3) is 5.53. The highest BCUT2D eigenvalue weighted by Crippen LogP contribution is 2.13. The molecule has 2 amide bonds. The van der Waals surface area contributed by atoms with Crippen LogP contribution in [0.15, 0.2) is 6.20 Å². The van der Waals surface area contributed by atoms with Crippen LogP contribution in [-0.4, -0.2) is 23.7 Å². The van der Waals surface area contributed by atoms with Crippen molar-refractivity contribution in [1.29, 1.82) is 0 Å². The Morgan fingerprint density at radius 1 is 1.47 bits per heavy atom. The Balaban J connectivity index is 2.28. The first-order valence-electron chi connectivity index (χ1n) is 4.92. The normalized spacial score (nSPS) is 11.3. The minimum atomic E-state index is -4.39. The van der Waals surface area contributed by atoms with Gasteiger partial charge in [0.15, 0.2) is 0 Å². The Morgan fingerprint density at radius 3 is 2.71 bits per heavy atom. The number of nitrogens with one attached hydrogen (secondary N) is 2. The molecule has 0 unspecified atom stereocenters. The van der Waals surface area contributed by atoms with Crippen LogP contribution in [0, 0.1) is 0 Å². The number of thiazole rings is 1. The molecule has 0 aliphatic carbocycles. The summed E-state index contributed by atoms with van der Waals surface area (Å²) in [5.41, 5.74) is 0. The van der Waals surface area contributed by atoms with Crippen LogP contribution in [-0.2, 0) is 13.0 Å². The predicted molar refractivity (Wildman–Crippen MR) is 57.8 cm³/mol. The van der Waals surface area contributed by atoms with Gasteiger partial charge in [-0.3, -0.25) is 0 Å². The van der Waals surface area contributed by atoms with Crippen LogP contribution < -0.4 is 10.6 Å². The first-order chi connectivity index (χ1) is 7.90. The number of rotatable bonds is 4. The highest BCUT2D eigenvalue weighted by molar-refractivity contribution is 7.11. The van der Waals surface area contributed by atoms with E-state index in [0.717, 1.165) is 11.3 Å². The maximum absolute atomic E-state index is 11.8. The summed E-state index contributed by atoms with van der Waals surface area (Å²) in [5.74, 6) is 0. The molecule has 0 fully saturated rings. The highest BCUT2D eigenvalue weighted by atomic mass is 32.1. The van der Waals surface area contributed by atoms with E-state index in [1.165, 1.54) is 11.3 Å². The Morgan fingerprint density at radius 2 is 2.18 bits per heavy atom. The molecule has 17 heavy (non-hydrogen) atoms. The summed E-state index contributed by atoms with van der Waals surface area (Å²) in [6, 6.07) is -0.851. The van der Waals surface area contributed by atoms with Crippen LogP contribution in [0.3, 0.4) is 0 Å². The maximum atomic E-state index is 11.8. The molecule has 0 aliphatic rings. The number of halogens is 3. The number of alkyl halides is 3. The molecule has 0 bridgehead atoms. The fourth-order valence-electron chi connectivity index (χ4n) is 0.992. The van der Waals surface area contributed by atoms with E-state index in [-0.39, 0.29) is 6.54 Å². The van der Waals surface area contributed by atoms with Gasteiger partial charge in [0.1, 0.15) is 11.6 Å². The van der Waals surface area contributed by atoms with E-state index < -0.39 is 18.8 Å². The van der Waals surface area contributed by atoms with Crippen molar-refractivity contribution in [2.75, 3.05) is 6.54 Å². The molecule has 0 saturated heterocycles. The van der Waals surface area contributed by atoms with E-state index in [2.05, 4.69) is 10.3 Å². The zero-order valence-electron chi connectivity index (χ0n) is 9.10. The van der Waals surface area contributed by atoms with Gasteiger partial charge >= 0.3 is 12.2 Å². The Hall–Kier alpha value is -1.31. The standard InChI is InChI=1S/C9H12F3N3OS/c1-2-6-3-13-7(17-6)4-14-8(16)15-5-9(10,11)12/h3H,2,4-5H2,1H3,(H2,14,15,16). The number of hydrogen-bond donors (Lipinski definition) is 2. The average molecular weight is 267 g/mol. The molecule has 1 aromatic heterocycles. The van der Waals surface area contributed by atoms with Gasteiger partial charge in [-0.15, -0.1) is 11.3 Å². The van der Waals surface area contributed by atoms with Crippen molar-refractivity contribution < 1.29 is 18.0 Å². The van der Waals surface area contributed by atoms with Crippen molar-refractivity contribution >= 4 is 17.4 Å². The molecule has 2 N–H and O–H groups in total. The van der Waals surface area contributed by atoms with Crippen molar-refractivity contribution in [3.63, 3.8) is 0 Å². The molecule has 96 valence electrons. The molecule has 8 heteroatoms. The predicted octanol–water partition coefficient (Wildman–Crippen LogP) is 2.07. The Labute approximate surface area is 100 Å². The topological polar surface area (TPSA) is 54.0 Å². The van der Waals surface area contributed by atoms with Gasteiger partial charge in [0.25, 0.3) is 0 Å². The van der Waals surface area contributed by atoms with Crippen molar-refractivity contribution in [2.45, 2.75) is 26.1 Å². The van der Waals surface area contributed by atoms with Gasteiger partial charge in [0.2, 0.25) is 0 Å². The molecule has 1 heterocycles. The van der Waals surface area contributed by atoms with Gasteiger partial charge in [-0.05, 0) is 6.42 Å². The lowest BCUT2D eigenvalue weighted by Gasteiger charge is -2.08. The fourth-order valence-corrected chi connectivity index (χ4v) is 1.79. The van der Waals surface area contributed by atoms with Gasteiger partial charge in [-0.25, -0.2) is 9.78 Å². The lowest BCUT2D eigenvalue weighted by atomic mass is 10.4. The van der Waals surface area contributed by atoms with Crippen LogP contribution in [0.25, 0.3) is 0 Å². The second-order valence-electron chi connectivity index (χ2n) is 3.23. The third-order valence-corrected chi connectivity index (χ3v) is 2.94. The Kier molecular flexibility index (Phi) is 4.73. The number of amides is 2. The maximum Gasteiger partial charge on any atom is 0.405 e. The van der Waals surface area contributed by atoms with Gasteiger partial charge < -0.3 is 10.6 Å². The zero-order chi connectivity index (χ0) is 12.9. The number of carbonyl (C=O) groups is 1. The van der Waals surface area contributed by atoms with Gasteiger partial charge in [0, 0.05) is 11.1 Å². The Bertz CT molecular complexity index is 378. The van der Waals surface area contributed by atoms with E-state index in [9.17, 15) is 18.0 Å². The van der Waals surface area contributed by atoms with E-state index >= 15 is 0 Å². The molecule has 0 atom stereocenters. The number of urea groups is 1. The van der Waals surface area contributed by atoms with Crippen LogP contribution in [0.2, 0.25) is 0 Å². The summed E-state index contributed by atoms with van der Waals surface area (Å²) in [5, 5.41) is 4.69. The summed E-state index contributed by atoms with van der Waals surface area (Å²) in [6.07, 6.45) is -1.86. The van der Waals surface area contributed by atoms with Crippen LogP contribution in [0.4, 0.5) is 18.0 Å². The molecule has 0 aliphatic heterocycles. The second kappa shape index (κ2) is 5.85. The molecule has 0 saturated carbocycles. The minimum Gasteiger partial charge on any atom is -0.332 e. The molecule has 1 aromatic rings. The number of hydrogen-bond acceptors (Lipinski definition) is 3. The smallest absolute Gasteiger partial charge is 0.332 e. The minimum absolute atomic E-state index is 0.133. The summed E-state index contributed by atoms with van der Waals surface area (Å²) < 4.78 is 35.3. The van der Waals surface area contributed by atoms with E-state index in [1.807, 2.05) is 6.92 Å². The third-order valence-electron chi connectivity index (χ3n) is 1.80. The van der Waals surface area contributed by atoms with Crippen LogP contribution in [0.1, 0.15) is 16.8 Å². The van der Waals surface area contributed by atoms with Crippen LogP contribution in [0.5, 0.6) is 0 Å². The van der Waals surface area contributed by atoms with Crippen molar-refractivity contribution in [2.24, 2.45) is 0 Å². The van der Waals surface area contributed by atoms with Crippen molar-refractivity contribution in [3.05, 3.63) is 16.1 Å². The molecule has 0 aromatic carbocycles. The lowest BCUT2D eigenvalue weighted by Crippen LogP contribution is -2.40. The quantitative estimate of drug-likeness (QED) is 0.877. The number of aromatic nitrogens is 1. The summed E-state index contributed by atoms with van der Waals surface area (Å²) in [7, 11) is 0. The zero-order valence-corrected chi connectivity index (χ0v) is 9.91. The first kappa shape index (κ1) is 13.8. The van der Waals surface area contributed by atoms with E-state index in [4.69, 9.17) is 0 Å². The molecular formula is C9H12F3N3OS. The summed E-state index contributed by atoms with van der Waals surface area (Å²) >= 11 is 1.42. The lowest BCUT2D eigenvalue weighted by molar-refractivity contribution is -0.122.